The monoisotopic (exact) mass is 399 g/mol. The van der Waals surface area contributed by atoms with Crippen molar-refractivity contribution in [3.8, 4) is 0 Å². The number of nitrogens with zero attached hydrogens (tertiary/aromatic N) is 4. The summed E-state index contributed by atoms with van der Waals surface area (Å²) >= 11 is 0. The van der Waals surface area contributed by atoms with Crippen LogP contribution in [-0.2, 0) is 6.42 Å². The number of para-hydroxylation sites is 1. The number of amides is 1. The summed E-state index contributed by atoms with van der Waals surface area (Å²) in [6.07, 6.45) is 4.92. The minimum Gasteiger partial charge on any atom is -0.372 e. The largest absolute Gasteiger partial charge is 0.372 e. The molecule has 152 valence electrons. The number of benzene rings is 2. The highest BCUT2D eigenvalue weighted by Gasteiger charge is 2.28. The molecule has 1 atom stereocenters. The molecule has 1 unspecified atom stereocenters. The minimum atomic E-state index is -0.229. The second-order valence-corrected chi connectivity index (χ2v) is 8.01. The number of carbonyl (C=O) groups excluding carboxylic acids is 1. The summed E-state index contributed by atoms with van der Waals surface area (Å²) in [6, 6.07) is 18.4. The molecule has 0 bridgehead atoms. The van der Waals surface area contributed by atoms with Crippen molar-refractivity contribution in [1.29, 1.82) is 0 Å². The second-order valence-electron chi connectivity index (χ2n) is 8.01. The van der Waals surface area contributed by atoms with Crippen LogP contribution in [0.1, 0.15) is 35.8 Å². The summed E-state index contributed by atoms with van der Waals surface area (Å²) in [4.78, 5) is 26.0. The first-order valence-electron chi connectivity index (χ1n) is 10.5. The first kappa shape index (κ1) is 18.6. The molecule has 6 heteroatoms. The van der Waals surface area contributed by atoms with E-state index in [1.165, 1.54) is 30.4 Å². The molecule has 0 radical (unpaired) electrons. The van der Waals surface area contributed by atoms with E-state index in [-0.39, 0.29) is 11.9 Å². The van der Waals surface area contributed by atoms with Crippen LogP contribution < -0.4 is 15.1 Å². The maximum Gasteiger partial charge on any atom is 0.274 e. The maximum absolute atomic E-state index is 12.8. The average Bonchev–Trinajstić information content (AvgIpc) is 3.41. The third-order valence-corrected chi connectivity index (χ3v) is 5.94. The highest BCUT2D eigenvalue weighted by Crippen LogP contribution is 2.37. The molecular weight excluding hydrogens is 374 g/mol. The van der Waals surface area contributed by atoms with Gasteiger partial charge in [-0.3, -0.25) is 4.79 Å². The van der Waals surface area contributed by atoms with E-state index in [1.807, 2.05) is 18.2 Å². The van der Waals surface area contributed by atoms with Gasteiger partial charge in [0.15, 0.2) is 0 Å². The molecule has 0 aliphatic carbocycles. The fraction of sp³-hybridized carbons (Fsp3) is 0.292. The van der Waals surface area contributed by atoms with Gasteiger partial charge in [0.1, 0.15) is 17.8 Å². The lowest BCUT2D eigenvalue weighted by molar-refractivity contribution is 0.102. The van der Waals surface area contributed by atoms with Gasteiger partial charge in [0.05, 0.1) is 0 Å². The van der Waals surface area contributed by atoms with Crippen LogP contribution in [0, 0.1) is 0 Å². The van der Waals surface area contributed by atoms with Crippen LogP contribution in [0.4, 0.5) is 22.9 Å². The zero-order valence-electron chi connectivity index (χ0n) is 17.1. The highest BCUT2D eigenvalue weighted by molar-refractivity contribution is 6.03. The molecule has 0 spiro atoms. The van der Waals surface area contributed by atoms with E-state index in [9.17, 15) is 4.79 Å². The van der Waals surface area contributed by atoms with Crippen molar-refractivity contribution < 1.29 is 4.79 Å². The van der Waals surface area contributed by atoms with Crippen molar-refractivity contribution in [1.82, 2.24) is 9.97 Å². The fourth-order valence-electron chi connectivity index (χ4n) is 4.44. The number of hydrogen-bond donors (Lipinski definition) is 1. The first-order valence-corrected chi connectivity index (χ1v) is 10.5. The van der Waals surface area contributed by atoms with Crippen molar-refractivity contribution in [2.75, 3.05) is 28.2 Å². The quantitative estimate of drug-likeness (QED) is 0.704. The zero-order valence-corrected chi connectivity index (χ0v) is 17.1. The predicted molar refractivity (Wildman–Crippen MR) is 120 cm³/mol. The summed E-state index contributed by atoms with van der Waals surface area (Å²) in [5, 5.41) is 2.96. The lowest BCUT2D eigenvalue weighted by atomic mass is 10.1. The Hall–Kier alpha value is -3.41. The number of carbonyl (C=O) groups is 1. The van der Waals surface area contributed by atoms with Gasteiger partial charge in [0.2, 0.25) is 0 Å². The molecule has 2 aliphatic rings. The van der Waals surface area contributed by atoms with Gasteiger partial charge in [-0.1, -0.05) is 18.2 Å². The number of hydrogen-bond acceptors (Lipinski definition) is 5. The molecule has 30 heavy (non-hydrogen) atoms. The van der Waals surface area contributed by atoms with E-state index in [2.05, 4.69) is 62.3 Å². The van der Waals surface area contributed by atoms with Crippen molar-refractivity contribution in [2.45, 2.75) is 32.2 Å². The number of nitrogens with one attached hydrogen (secondary N) is 1. The number of anilines is 4. The summed E-state index contributed by atoms with van der Waals surface area (Å²) in [5.41, 5.74) is 4.78. The normalized spacial score (nSPS) is 17.8. The lowest BCUT2D eigenvalue weighted by Crippen LogP contribution is -2.25. The highest BCUT2D eigenvalue weighted by atomic mass is 16.1. The second kappa shape index (κ2) is 7.78. The molecule has 1 aromatic heterocycles. The lowest BCUT2D eigenvalue weighted by Gasteiger charge is -2.23. The molecule has 1 saturated heterocycles. The van der Waals surface area contributed by atoms with E-state index in [0.29, 0.717) is 5.69 Å². The summed E-state index contributed by atoms with van der Waals surface area (Å²) in [5.74, 6) is 0.518. The van der Waals surface area contributed by atoms with Gasteiger partial charge in [0, 0.05) is 42.3 Å². The van der Waals surface area contributed by atoms with E-state index in [4.69, 9.17) is 0 Å². The molecule has 1 fully saturated rings. The molecule has 3 aromatic rings. The van der Waals surface area contributed by atoms with Crippen LogP contribution in [0.15, 0.2) is 60.9 Å². The Balaban J connectivity index is 1.33. The maximum atomic E-state index is 12.8. The number of aromatic nitrogens is 2. The molecule has 0 saturated carbocycles. The third-order valence-electron chi connectivity index (χ3n) is 5.94. The molecule has 6 nitrogen and oxygen atoms in total. The summed E-state index contributed by atoms with van der Waals surface area (Å²) in [6.45, 7) is 4.38. The van der Waals surface area contributed by atoms with E-state index in [1.54, 1.807) is 6.07 Å². The van der Waals surface area contributed by atoms with Crippen molar-refractivity contribution in [2.24, 2.45) is 0 Å². The van der Waals surface area contributed by atoms with Gasteiger partial charge < -0.3 is 15.1 Å². The molecule has 3 heterocycles. The molecular formula is C24H25N5O. The average molecular weight is 399 g/mol. The van der Waals surface area contributed by atoms with Crippen molar-refractivity contribution in [3.05, 3.63) is 72.2 Å². The number of fused-ring (bicyclic) bond motifs is 1. The SMILES string of the molecule is CC1Cc2ccccc2N1c1cc(C(=O)Nc2ccc(N3CCCC3)cc2)ncn1. The standard InChI is InChI=1S/C24H25N5O/c1-17-14-18-6-2-3-7-22(18)29(17)23-15-21(25-16-26-23)24(30)27-19-8-10-20(11-9-19)28-12-4-5-13-28/h2-3,6-11,15-17H,4-5,12-14H2,1H3,(H,27,30). The van der Waals surface area contributed by atoms with E-state index in [0.717, 1.165) is 36.7 Å². The Morgan fingerprint density at radius 3 is 2.60 bits per heavy atom. The van der Waals surface area contributed by atoms with Crippen molar-refractivity contribution >= 4 is 28.8 Å². The van der Waals surface area contributed by atoms with Crippen LogP contribution in [0.2, 0.25) is 0 Å². The van der Waals surface area contributed by atoms with Gasteiger partial charge in [-0.2, -0.15) is 0 Å². The minimum absolute atomic E-state index is 0.229. The molecule has 2 aliphatic heterocycles. The van der Waals surface area contributed by atoms with E-state index < -0.39 is 0 Å². The van der Waals surface area contributed by atoms with Gasteiger partial charge in [-0.05, 0) is 62.1 Å². The summed E-state index contributed by atoms with van der Waals surface area (Å²) in [7, 11) is 0. The Morgan fingerprint density at radius 2 is 1.80 bits per heavy atom. The summed E-state index contributed by atoms with van der Waals surface area (Å²) < 4.78 is 0. The smallest absolute Gasteiger partial charge is 0.274 e. The Labute approximate surface area is 176 Å². The Morgan fingerprint density at radius 1 is 1.03 bits per heavy atom. The Bertz CT molecular complexity index is 1060. The van der Waals surface area contributed by atoms with Gasteiger partial charge in [-0.15, -0.1) is 0 Å². The first-order chi connectivity index (χ1) is 14.7. The topological polar surface area (TPSA) is 61.4 Å². The van der Waals surface area contributed by atoms with Crippen LogP contribution in [-0.4, -0.2) is 35.0 Å². The number of rotatable bonds is 4. The molecule has 2 aromatic carbocycles. The molecule has 1 N–H and O–H groups in total. The van der Waals surface area contributed by atoms with Crippen molar-refractivity contribution in [3.63, 3.8) is 0 Å². The zero-order chi connectivity index (χ0) is 20.5. The third kappa shape index (κ3) is 3.49. The molecule has 5 rings (SSSR count). The van der Waals surface area contributed by atoms with Gasteiger partial charge >= 0.3 is 0 Å². The molecule has 1 amide bonds. The fourth-order valence-corrected chi connectivity index (χ4v) is 4.44. The van der Waals surface area contributed by atoms with Crippen LogP contribution in [0.3, 0.4) is 0 Å². The predicted octanol–water partition coefficient (Wildman–Crippen LogP) is 4.41. The van der Waals surface area contributed by atoms with Crippen LogP contribution in [0.25, 0.3) is 0 Å². The Kier molecular flexibility index (Phi) is 4.83. The van der Waals surface area contributed by atoms with Crippen LogP contribution in [0.5, 0.6) is 0 Å². The van der Waals surface area contributed by atoms with Gasteiger partial charge in [-0.25, -0.2) is 9.97 Å². The van der Waals surface area contributed by atoms with Crippen LogP contribution >= 0.6 is 0 Å². The van der Waals surface area contributed by atoms with Gasteiger partial charge in [0.25, 0.3) is 5.91 Å². The van der Waals surface area contributed by atoms with E-state index >= 15 is 0 Å².